The molecule has 0 saturated heterocycles. The highest BCUT2D eigenvalue weighted by atomic mass is 79.9. The van der Waals surface area contributed by atoms with Crippen LogP contribution in [0, 0.1) is 0 Å². The quantitative estimate of drug-likeness (QED) is 0.574. The molecule has 0 unspecified atom stereocenters. The summed E-state index contributed by atoms with van der Waals surface area (Å²) in [5, 5.41) is 5.71. The van der Waals surface area contributed by atoms with E-state index in [2.05, 4.69) is 72.8 Å². The zero-order valence-corrected chi connectivity index (χ0v) is 15.3. The second-order valence-corrected chi connectivity index (χ2v) is 8.60. The summed E-state index contributed by atoms with van der Waals surface area (Å²) >= 11 is 6.45. The third-order valence-electron chi connectivity index (χ3n) is 3.64. The highest BCUT2D eigenvalue weighted by molar-refractivity contribution is 8.93. The first-order chi connectivity index (χ1) is 10.4. The van der Waals surface area contributed by atoms with E-state index in [0.29, 0.717) is 0 Å². The molecule has 0 amide bonds. The van der Waals surface area contributed by atoms with Crippen LogP contribution in [0.5, 0.6) is 0 Å². The van der Waals surface area contributed by atoms with Crippen molar-refractivity contribution in [3.8, 4) is 0 Å². The molecule has 3 heteroatoms. The first-order valence-corrected chi connectivity index (χ1v) is 9.17. The minimum atomic E-state index is -1.89. The summed E-state index contributed by atoms with van der Waals surface area (Å²) < 4.78 is 0. The number of benzene rings is 3. The van der Waals surface area contributed by atoms with Crippen molar-refractivity contribution >= 4 is 56.6 Å². The SMILES string of the molecule is Br.ClC=P(c1ccccc1)(c1ccccc1)c1ccccc1. The molecular weight excluding hydrogens is 375 g/mol. The third kappa shape index (κ3) is 3.08. The Hall–Kier alpha value is -1.27. The maximum Gasteiger partial charge on any atom is 0.0141 e. The van der Waals surface area contributed by atoms with Gasteiger partial charge in [-0.15, -0.1) is 17.0 Å². The molecule has 0 aliphatic heterocycles. The van der Waals surface area contributed by atoms with Crippen LogP contribution < -0.4 is 15.9 Å². The molecule has 3 aromatic carbocycles. The van der Waals surface area contributed by atoms with E-state index in [1.54, 1.807) is 0 Å². The minimum Gasteiger partial charge on any atom is -0.114 e. The molecule has 0 N–H and O–H groups in total. The van der Waals surface area contributed by atoms with Gasteiger partial charge in [-0.05, 0) is 22.8 Å². The van der Waals surface area contributed by atoms with E-state index in [-0.39, 0.29) is 17.0 Å². The molecule has 0 fully saturated rings. The van der Waals surface area contributed by atoms with Gasteiger partial charge in [0.2, 0.25) is 0 Å². The molecule has 0 atom stereocenters. The average molecular weight is 392 g/mol. The number of halogens is 2. The van der Waals surface area contributed by atoms with Gasteiger partial charge in [0.15, 0.2) is 0 Å². The Balaban J connectivity index is 0.00000176. The molecular formula is C19H17BrClP. The molecule has 112 valence electrons. The lowest BCUT2D eigenvalue weighted by molar-refractivity contribution is 1.73. The first-order valence-electron chi connectivity index (χ1n) is 6.88. The van der Waals surface area contributed by atoms with Gasteiger partial charge in [-0.1, -0.05) is 103 Å². The average Bonchev–Trinajstić information content (AvgIpc) is 2.59. The molecule has 0 heterocycles. The lowest BCUT2D eigenvalue weighted by atomic mass is 10.4. The molecule has 3 rings (SSSR count). The lowest BCUT2D eigenvalue weighted by Crippen LogP contribution is -2.26. The van der Waals surface area contributed by atoms with E-state index >= 15 is 0 Å². The van der Waals surface area contributed by atoms with Gasteiger partial charge in [0.25, 0.3) is 0 Å². The highest BCUT2D eigenvalue weighted by Crippen LogP contribution is 2.43. The fraction of sp³-hybridized carbons (Fsp3) is 0. The van der Waals surface area contributed by atoms with Gasteiger partial charge in [-0.2, -0.15) is 0 Å². The van der Waals surface area contributed by atoms with Crippen molar-refractivity contribution in [2.45, 2.75) is 0 Å². The van der Waals surface area contributed by atoms with Crippen LogP contribution in [0.4, 0.5) is 0 Å². The first kappa shape index (κ1) is 17.1. The van der Waals surface area contributed by atoms with Crippen LogP contribution in [0.1, 0.15) is 0 Å². The normalized spacial score (nSPS) is 10.6. The van der Waals surface area contributed by atoms with Crippen molar-refractivity contribution < 1.29 is 0 Å². The summed E-state index contributed by atoms with van der Waals surface area (Å²) in [7, 11) is 0. The van der Waals surface area contributed by atoms with Crippen LogP contribution in [0.25, 0.3) is 0 Å². The predicted molar refractivity (Wildman–Crippen MR) is 107 cm³/mol. The van der Waals surface area contributed by atoms with E-state index in [1.807, 2.05) is 23.5 Å². The fourth-order valence-electron chi connectivity index (χ4n) is 2.61. The topological polar surface area (TPSA) is 0 Å². The second kappa shape index (κ2) is 7.83. The molecule has 0 aromatic heterocycles. The Morgan fingerprint density at radius 3 is 1.05 bits per heavy atom. The zero-order chi connectivity index (χ0) is 14.5. The standard InChI is InChI=1S/C19H16ClP.BrH/c20-16-21(17-10-4-1-5-11-17,18-12-6-2-7-13-18)19-14-8-3-9-15-19;/h1-16H;1H. The third-order valence-corrected chi connectivity index (χ3v) is 8.15. The number of hydrogen-bond acceptors (Lipinski definition) is 0. The molecule has 0 spiro atoms. The van der Waals surface area contributed by atoms with Crippen molar-refractivity contribution in [1.82, 2.24) is 0 Å². The molecule has 0 aliphatic rings. The van der Waals surface area contributed by atoms with Crippen LogP contribution in [0.2, 0.25) is 0 Å². The Morgan fingerprint density at radius 1 is 0.545 bits per heavy atom. The van der Waals surface area contributed by atoms with Gasteiger partial charge in [0.1, 0.15) is 0 Å². The van der Waals surface area contributed by atoms with Gasteiger partial charge in [0.05, 0.1) is 0 Å². The van der Waals surface area contributed by atoms with Crippen LogP contribution in [-0.2, 0) is 0 Å². The van der Waals surface area contributed by atoms with E-state index in [0.717, 1.165) is 0 Å². The zero-order valence-electron chi connectivity index (χ0n) is 12.0. The van der Waals surface area contributed by atoms with E-state index in [1.165, 1.54) is 15.9 Å². The maximum absolute atomic E-state index is 6.45. The summed E-state index contributed by atoms with van der Waals surface area (Å²) in [6, 6.07) is 31.7. The molecule has 0 saturated carbocycles. The summed E-state index contributed by atoms with van der Waals surface area (Å²) in [6.45, 7) is -1.89. The van der Waals surface area contributed by atoms with Gasteiger partial charge >= 0.3 is 0 Å². The largest absolute Gasteiger partial charge is 0.114 e. The molecule has 0 bridgehead atoms. The monoisotopic (exact) mass is 390 g/mol. The van der Waals surface area contributed by atoms with Gasteiger partial charge in [-0.3, -0.25) is 0 Å². The minimum absolute atomic E-state index is 0. The molecule has 3 aromatic rings. The van der Waals surface area contributed by atoms with Crippen LogP contribution in [0.3, 0.4) is 0 Å². The van der Waals surface area contributed by atoms with Crippen molar-refractivity contribution in [3.05, 3.63) is 91.0 Å². The van der Waals surface area contributed by atoms with E-state index in [4.69, 9.17) is 11.6 Å². The van der Waals surface area contributed by atoms with E-state index < -0.39 is 6.89 Å². The van der Waals surface area contributed by atoms with Crippen LogP contribution >= 0.6 is 35.5 Å². The molecule has 22 heavy (non-hydrogen) atoms. The lowest BCUT2D eigenvalue weighted by Gasteiger charge is -2.27. The second-order valence-electron chi connectivity index (χ2n) is 4.83. The van der Waals surface area contributed by atoms with E-state index in [9.17, 15) is 0 Å². The Labute approximate surface area is 147 Å². The predicted octanol–water partition coefficient (Wildman–Crippen LogP) is 4.56. The van der Waals surface area contributed by atoms with Crippen molar-refractivity contribution in [1.29, 1.82) is 0 Å². The number of hydrogen-bond donors (Lipinski definition) is 0. The highest BCUT2D eigenvalue weighted by Gasteiger charge is 2.23. The smallest absolute Gasteiger partial charge is 0.0141 e. The Kier molecular flexibility index (Phi) is 6.08. The molecule has 0 nitrogen and oxygen atoms in total. The van der Waals surface area contributed by atoms with Gasteiger partial charge in [0, 0.05) is 5.26 Å². The summed E-state index contributed by atoms with van der Waals surface area (Å²) in [6.07, 6.45) is 0. The van der Waals surface area contributed by atoms with Crippen LogP contribution in [0.15, 0.2) is 91.0 Å². The van der Waals surface area contributed by atoms with Gasteiger partial charge in [-0.25, -0.2) is 0 Å². The van der Waals surface area contributed by atoms with Crippen molar-refractivity contribution in [2.24, 2.45) is 0 Å². The molecule has 0 radical (unpaired) electrons. The molecule has 0 aliphatic carbocycles. The van der Waals surface area contributed by atoms with Crippen LogP contribution in [-0.4, -0.2) is 5.26 Å². The Morgan fingerprint density at radius 2 is 0.818 bits per heavy atom. The van der Waals surface area contributed by atoms with Crippen molar-refractivity contribution in [2.75, 3.05) is 0 Å². The van der Waals surface area contributed by atoms with Crippen molar-refractivity contribution in [3.63, 3.8) is 0 Å². The summed E-state index contributed by atoms with van der Waals surface area (Å²) in [4.78, 5) is 0. The Bertz CT molecular complexity index is 652. The number of rotatable bonds is 3. The fourth-order valence-corrected chi connectivity index (χ4v) is 6.78. The maximum atomic E-state index is 6.45. The summed E-state index contributed by atoms with van der Waals surface area (Å²) in [5.74, 6) is 0. The summed E-state index contributed by atoms with van der Waals surface area (Å²) in [5.41, 5.74) is 0. The van der Waals surface area contributed by atoms with Gasteiger partial charge < -0.3 is 0 Å².